The van der Waals surface area contributed by atoms with E-state index in [1.54, 1.807) is 10.4 Å². The Labute approximate surface area is 169 Å². The molecule has 1 aromatic rings. The maximum atomic E-state index is 13.0. The van der Waals surface area contributed by atoms with Crippen molar-refractivity contribution in [3.8, 4) is 0 Å². The molecule has 0 spiro atoms. The predicted octanol–water partition coefficient (Wildman–Crippen LogP) is 2.30. The normalized spacial score (nSPS) is 24.8. The van der Waals surface area contributed by atoms with Crippen molar-refractivity contribution in [2.75, 3.05) is 32.7 Å². The lowest BCUT2D eigenvalue weighted by Crippen LogP contribution is -2.52. The van der Waals surface area contributed by atoms with E-state index in [1.807, 2.05) is 26.0 Å². The molecular formula is C21H33N3O3S. The molecule has 1 saturated carbocycles. The maximum absolute atomic E-state index is 13.0. The Morgan fingerprint density at radius 1 is 1.11 bits per heavy atom. The van der Waals surface area contributed by atoms with Gasteiger partial charge in [-0.15, -0.1) is 0 Å². The van der Waals surface area contributed by atoms with Crippen LogP contribution in [0.1, 0.15) is 43.7 Å². The highest BCUT2D eigenvalue weighted by Crippen LogP contribution is 2.24. The number of nitrogens with one attached hydrogen (secondary N) is 1. The van der Waals surface area contributed by atoms with Crippen molar-refractivity contribution in [3.05, 3.63) is 29.3 Å². The molecule has 28 heavy (non-hydrogen) atoms. The molecule has 0 bridgehead atoms. The lowest BCUT2D eigenvalue weighted by molar-refractivity contribution is -0.123. The average molecular weight is 408 g/mol. The lowest BCUT2D eigenvalue weighted by atomic mass is 9.86. The quantitative estimate of drug-likeness (QED) is 0.813. The minimum absolute atomic E-state index is 0.0597. The minimum Gasteiger partial charge on any atom is -0.352 e. The minimum atomic E-state index is -3.49. The molecule has 0 radical (unpaired) electrons. The Morgan fingerprint density at radius 2 is 1.79 bits per heavy atom. The SMILES string of the molecule is Cc1ccc(S(=O)(=O)N2CCN(CC(=O)NC3CCCCC3C)CC2)c(C)c1. The number of aryl methyl sites for hydroxylation is 2. The first-order valence-corrected chi connectivity index (χ1v) is 11.8. The van der Waals surface area contributed by atoms with Gasteiger partial charge < -0.3 is 5.32 Å². The second kappa shape index (κ2) is 8.93. The van der Waals surface area contributed by atoms with Gasteiger partial charge >= 0.3 is 0 Å². The molecule has 1 aliphatic carbocycles. The molecule has 2 unspecified atom stereocenters. The first-order valence-electron chi connectivity index (χ1n) is 10.4. The molecule has 6 nitrogen and oxygen atoms in total. The van der Waals surface area contributed by atoms with Crippen molar-refractivity contribution in [2.45, 2.75) is 57.4 Å². The first kappa shape index (κ1) is 21.3. The molecule has 1 aliphatic heterocycles. The van der Waals surface area contributed by atoms with Gasteiger partial charge in [0.15, 0.2) is 0 Å². The van der Waals surface area contributed by atoms with Crippen molar-refractivity contribution in [1.29, 1.82) is 0 Å². The summed E-state index contributed by atoms with van der Waals surface area (Å²) in [5.74, 6) is 0.599. The number of carbonyl (C=O) groups is 1. The molecule has 1 amide bonds. The van der Waals surface area contributed by atoms with Crippen LogP contribution >= 0.6 is 0 Å². The van der Waals surface area contributed by atoms with Crippen LogP contribution in [-0.4, -0.2) is 62.3 Å². The number of nitrogens with zero attached hydrogens (tertiary/aromatic N) is 2. The molecule has 1 heterocycles. The fourth-order valence-electron chi connectivity index (χ4n) is 4.34. The average Bonchev–Trinajstić information content (AvgIpc) is 2.64. The Bertz CT molecular complexity index is 801. The van der Waals surface area contributed by atoms with E-state index in [1.165, 1.54) is 19.3 Å². The van der Waals surface area contributed by atoms with Gasteiger partial charge in [-0.05, 0) is 44.2 Å². The fraction of sp³-hybridized carbons (Fsp3) is 0.667. The van der Waals surface area contributed by atoms with E-state index in [2.05, 4.69) is 17.1 Å². The number of hydrogen-bond donors (Lipinski definition) is 1. The topological polar surface area (TPSA) is 69.7 Å². The number of sulfonamides is 1. The van der Waals surface area contributed by atoms with Gasteiger partial charge in [0.25, 0.3) is 0 Å². The lowest BCUT2D eigenvalue weighted by Gasteiger charge is -2.35. The van der Waals surface area contributed by atoms with Gasteiger partial charge in [0.1, 0.15) is 0 Å². The van der Waals surface area contributed by atoms with Crippen molar-refractivity contribution in [2.24, 2.45) is 5.92 Å². The van der Waals surface area contributed by atoms with Crippen LogP contribution in [0.2, 0.25) is 0 Å². The Kier molecular flexibility index (Phi) is 6.78. The number of carbonyl (C=O) groups excluding carboxylic acids is 1. The van der Waals surface area contributed by atoms with Crippen LogP contribution in [-0.2, 0) is 14.8 Å². The van der Waals surface area contributed by atoms with E-state index in [0.717, 1.165) is 17.5 Å². The number of amides is 1. The van der Waals surface area contributed by atoms with E-state index >= 15 is 0 Å². The number of piperazine rings is 1. The monoisotopic (exact) mass is 407 g/mol. The second-order valence-corrected chi connectivity index (χ2v) is 10.3. The van der Waals surface area contributed by atoms with Crippen LogP contribution in [0.25, 0.3) is 0 Å². The van der Waals surface area contributed by atoms with Gasteiger partial charge in [0, 0.05) is 32.2 Å². The standard InChI is InChI=1S/C21H33N3O3S/c1-16-8-9-20(18(3)14-16)28(26,27)24-12-10-23(11-13-24)15-21(25)22-19-7-5-4-6-17(19)2/h8-9,14,17,19H,4-7,10-13,15H2,1-3H3,(H,22,25). The maximum Gasteiger partial charge on any atom is 0.243 e. The van der Waals surface area contributed by atoms with Crippen LogP contribution < -0.4 is 5.32 Å². The van der Waals surface area contributed by atoms with Crippen molar-refractivity contribution in [1.82, 2.24) is 14.5 Å². The Morgan fingerprint density at radius 3 is 2.43 bits per heavy atom. The number of rotatable bonds is 5. The molecular weight excluding hydrogens is 374 g/mol. The van der Waals surface area contributed by atoms with E-state index < -0.39 is 10.0 Å². The van der Waals surface area contributed by atoms with Crippen LogP contribution in [0.4, 0.5) is 0 Å². The van der Waals surface area contributed by atoms with Crippen LogP contribution in [0.15, 0.2) is 23.1 Å². The van der Waals surface area contributed by atoms with Gasteiger partial charge in [-0.25, -0.2) is 8.42 Å². The van der Waals surface area contributed by atoms with Gasteiger partial charge in [-0.2, -0.15) is 4.31 Å². The molecule has 1 aromatic carbocycles. The first-order chi connectivity index (χ1) is 13.3. The number of hydrogen-bond acceptors (Lipinski definition) is 4. The predicted molar refractivity (Wildman–Crippen MR) is 111 cm³/mol. The zero-order valence-corrected chi connectivity index (χ0v) is 18.1. The largest absolute Gasteiger partial charge is 0.352 e. The molecule has 2 aliphatic rings. The molecule has 2 fully saturated rings. The molecule has 3 rings (SSSR count). The molecule has 0 aromatic heterocycles. The molecule has 156 valence electrons. The molecule has 1 N–H and O–H groups in total. The summed E-state index contributed by atoms with van der Waals surface area (Å²) in [5, 5.41) is 3.18. The van der Waals surface area contributed by atoms with E-state index in [4.69, 9.17) is 0 Å². The summed E-state index contributed by atoms with van der Waals surface area (Å²) in [4.78, 5) is 14.9. The third-order valence-corrected chi connectivity index (χ3v) is 8.16. The highest BCUT2D eigenvalue weighted by atomic mass is 32.2. The third kappa shape index (κ3) is 4.93. The summed E-state index contributed by atoms with van der Waals surface area (Å²) in [6, 6.07) is 5.73. The van der Waals surface area contributed by atoms with Gasteiger partial charge in [-0.1, -0.05) is 37.5 Å². The fourth-order valence-corrected chi connectivity index (χ4v) is 5.97. The van der Waals surface area contributed by atoms with E-state index in [0.29, 0.717) is 43.5 Å². The third-order valence-electron chi connectivity index (χ3n) is 6.10. The molecule has 7 heteroatoms. The molecule has 2 atom stereocenters. The Hall–Kier alpha value is -1.44. The van der Waals surface area contributed by atoms with Gasteiger partial charge in [0.2, 0.25) is 15.9 Å². The van der Waals surface area contributed by atoms with Crippen molar-refractivity contribution < 1.29 is 13.2 Å². The summed E-state index contributed by atoms with van der Waals surface area (Å²) < 4.78 is 27.5. The zero-order valence-electron chi connectivity index (χ0n) is 17.3. The summed E-state index contributed by atoms with van der Waals surface area (Å²) in [6.45, 7) is 8.36. The van der Waals surface area contributed by atoms with Crippen LogP contribution in [0.3, 0.4) is 0 Å². The number of benzene rings is 1. The summed E-state index contributed by atoms with van der Waals surface area (Å²) >= 11 is 0. The second-order valence-electron chi connectivity index (χ2n) is 8.38. The van der Waals surface area contributed by atoms with Gasteiger partial charge in [-0.3, -0.25) is 9.69 Å². The highest BCUT2D eigenvalue weighted by Gasteiger charge is 2.30. The molecule has 1 saturated heterocycles. The summed E-state index contributed by atoms with van der Waals surface area (Å²) in [7, 11) is -3.49. The Balaban J connectivity index is 1.53. The van der Waals surface area contributed by atoms with Crippen molar-refractivity contribution >= 4 is 15.9 Å². The van der Waals surface area contributed by atoms with Crippen LogP contribution in [0, 0.1) is 19.8 Å². The smallest absolute Gasteiger partial charge is 0.243 e. The summed E-state index contributed by atoms with van der Waals surface area (Å²) in [5.41, 5.74) is 1.84. The van der Waals surface area contributed by atoms with Crippen LogP contribution in [0.5, 0.6) is 0 Å². The van der Waals surface area contributed by atoms with E-state index in [-0.39, 0.29) is 11.9 Å². The van der Waals surface area contributed by atoms with E-state index in [9.17, 15) is 13.2 Å². The van der Waals surface area contributed by atoms with Gasteiger partial charge in [0.05, 0.1) is 11.4 Å². The highest BCUT2D eigenvalue weighted by molar-refractivity contribution is 7.89. The summed E-state index contributed by atoms with van der Waals surface area (Å²) in [6.07, 6.45) is 4.68. The van der Waals surface area contributed by atoms with Crippen molar-refractivity contribution in [3.63, 3.8) is 0 Å². The zero-order chi connectivity index (χ0) is 20.3.